The summed E-state index contributed by atoms with van der Waals surface area (Å²) in [5.74, 6) is -2.17. The van der Waals surface area contributed by atoms with Crippen LogP contribution in [0.2, 0.25) is 0 Å². The van der Waals surface area contributed by atoms with Crippen molar-refractivity contribution < 1.29 is 32.7 Å². The lowest BCUT2D eigenvalue weighted by Gasteiger charge is -2.45. The van der Waals surface area contributed by atoms with Gasteiger partial charge < -0.3 is 30.7 Å². The highest BCUT2D eigenvalue weighted by Crippen LogP contribution is 2.40. The lowest BCUT2D eigenvalue weighted by atomic mass is 9.70. The van der Waals surface area contributed by atoms with Gasteiger partial charge in [0.1, 0.15) is 12.1 Å². The Balaban J connectivity index is 1.51. The number of carbonyl (C=O) groups excluding carboxylic acids is 5. The summed E-state index contributed by atoms with van der Waals surface area (Å²) in [4.78, 5) is 68.9. The van der Waals surface area contributed by atoms with Crippen molar-refractivity contribution in [1.82, 2.24) is 26.2 Å². The first-order valence-electron chi connectivity index (χ1n) is 17.5. The molecule has 0 radical (unpaired) electrons. The molecule has 0 bridgehead atoms. The van der Waals surface area contributed by atoms with Crippen LogP contribution in [0.1, 0.15) is 130 Å². The van der Waals surface area contributed by atoms with Gasteiger partial charge in [-0.15, -0.1) is 0 Å². The summed E-state index contributed by atoms with van der Waals surface area (Å²) in [6.07, 6.45) is 12.4. The highest BCUT2D eigenvalue weighted by molar-refractivity contribution is 7.79. The van der Waals surface area contributed by atoms with Gasteiger partial charge >= 0.3 is 6.03 Å². The molecule has 1 unspecified atom stereocenters. The van der Waals surface area contributed by atoms with E-state index >= 15 is 0 Å². The minimum atomic E-state index is -2.38. The Labute approximate surface area is 276 Å². The molecular formula is C33H54N5O7S-. The predicted octanol–water partition coefficient (Wildman–Crippen LogP) is 3.11. The Hall–Kier alpha value is -2.54. The van der Waals surface area contributed by atoms with Crippen LogP contribution in [0.3, 0.4) is 0 Å². The molecule has 4 aliphatic rings. The van der Waals surface area contributed by atoms with Crippen molar-refractivity contribution in [1.29, 1.82) is 0 Å². The smallest absolute Gasteiger partial charge is 0.315 e. The van der Waals surface area contributed by atoms with Crippen LogP contribution < -0.4 is 21.3 Å². The van der Waals surface area contributed by atoms with Gasteiger partial charge in [0.2, 0.25) is 17.6 Å². The van der Waals surface area contributed by atoms with Crippen molar-refractivity contribution in [2.24, 2.45) is 5.41 Å². The Morgan fingerprint density at radius 2 is 1.54 bits per heavy atom. The Morgan fingerprint density at radius 3 is 2.13 bits per heavy atom. The van der Waals surface area contributed by atoms with Crippen LogP contribution in [0, 0.1) is 5.41 Å². The summed E-state index contributed by atoms with van der Waals surface area (Å²) in [6, 6.07) is -3.28. The molecule has 260 valence electrons. The van der Waals surface area contributed by atoms with Crippen LogP contribution in [0.4, 0.5) is 4.79 Å². The number of hydrogen-bond acceptors (Lipinski definition) is 7. The Kier molecular flexibility index (Phi) is 12.7. The van der Waals surface area contributed by atoms with Gasteiger partial charge in [-0.2, -0.15) is 0 Å². The maximum absolute atomic E-state index is 14.4. The molecule has 0 aromatic carbocycles. The van der Waals surface area contributed by atoms with Crippen LogP contribution >= 0.6 is 0 Å². The summed E-state index contributed by atoms with van der Waals surface area (Å²) in [6.45, 7) is 5.92. The quantitative estimate of drug-likeness (QED) is 0.163. The molecule has 0 aromatic rings. The van der Waals surface area contributed by atoms with Gasteiger partial charge in [-0.3, -0.25) is 23.4 Å². The first-order chi connectivity index (χ1) is 21.9. The van der Waals surface area contributed by atoms with Crippen LogP contribution in [0.5, 0.6) is 0 Å². The van der Waals surface area contributed by atoms with Crippen molar-refractivity contribution in [3.63, 3.8) is 0 Å². The summed E-state index contributed by atoms with van der Waals surface area (Å²) in [5.41, 5.74) is -1.47. The molecule has 4 fully saturated rings. The molecule has 12 nitrogen and oxygen atoms in total. The normalized spacial score (nSPS) is 25.0. The van der Waals surface area contributed by atoms with Crippen molar-refractivity contribution in [2.75, 3.05) is 6.54 Å². The zero-order valence-electron chi connectivity index (χ0n) is 27.8. The lowest BCUT2D eigenvalue weighted by Crippen LogP contribution is -2.65. The second kappa shape index (κ2) is 16.0. The number of unbranched alkanes of at least 4 members (excludes halogenated alkanes) is 1. The standard InChI is InChI=1S/C33H55N5O7S/c1-4-5-13-24(26(39)29(41)34-23-15-16-23)35-28(40)25-14-12-21-38(25)30(42)27(32(3)17-8-6-9-18-32)36-31(43)37-33(22(2)46(44)45)19-10-7-11-20-33/h22-25,27H,4-21H2,1-3H3,(H,34,41)(H,35,40)(H,44,45)(H2,36,37,43)/p-1/t22-,24+,25+,27-/m1/s1. The third-order valence-corrected chi connectivity index (χ3v) is 11.9. The van der Waals surface area contributed by atoms with Crippen molar-refractivity contribution in [3.05, 3.63) is 0 Å². The largest absolute Gasteiger partial charge is 0.772 e. The highest BCUT2D eigenvalue weighted by atomic mass is 32.2. The van der Waals surface area contributed by atoms with E-state index in [9.17, 15) is 32.7 Å². The number of likely N-dealkylation sites (tertiary alicyclic amines) is 1. The SMILES string of the molecule is CCCC[C@H](NC(=O)[C@@H]1CCCN1C(=O)[C@@H](NC(=O)NC1([C@@H](C)S(=O)[O-])CCCCC1)C1(C)CCCCC1)C(=O)C(=O)NC1CC1. The molecule has 3 aliphatic carbocycles. The fourth-order valence-electron chi connectivity index (χ4n) is 7.63. The molecule has 3 saturated carbocycles. The lowest BCUT2D eigenvalue weighted by molar-refractivity contribution is -0.144. The first kappa shape index (κ1) is 36.3. The van der Waals surface area contributed by atoms with E-state index in [0.717, 1.165) is 70.6 Å². The van der Waals surface area contributed by atoms with E-state index in [1.54, 1.807) is 6.92 Å². The molecule has 0 aromatic heterocycles. The number of ketones is 1. The predicted molar refractivity (Wildman–Crippen MR) is 173 cm³/mol. The zero-order chi connectivity index (χ0) is 33.5. The van der Waals surface area contributed by atoms with Gasteiger partial charge in [-0.25, -0.2) is 4.79 Å². The summed E-state index contributed by atoms with van der Waals surface area (Å²) in [7, 11) is 0. The Morgan fingerprint density at radius 1 is 0.913 bits per heavy atom. The molecule has 1 saturated heterocycles. The number of amides is 5. The van der Waals surface area contributed by atoms with Gasteiger partial charge in [0.15, 0.2) is 0 Å². The van der Waals surface area contributed by atoms with Crippen LogP contribution in [0.25, 0.3) is 0 Å². The second-order valence-corrected chi connectivity index (χ2v) is 15.6. The zero-order valence-corrected chi connectivity index (χ0v) is 28.6. The van der Waals surface area contributed by atoms with Crippen molar-refractivity contribution in [2.45, 2.75) is 165 Å². The summed E-state index contributed by atoms with van der Waals surface area (Å²) < 4.78 is 24.1. The summed E-state index contributed by atoms with van der Waals surface area (Å²) in [5, 5.41) is 10.7. The summed E-state index contributed by atoms with van der Waals surface area (Å²) >= 11 is -2.38. The molecule has 4 N–H and O–H groups in total. The number of carbonyl (C=O) groups is 5. The van der Waals surface area contributed by atoms with Crippen LogP contribution in [-0.4, -0.2) is 84.7 Å². The fourth-order valence-corrected chi connectivity index (χ4v) is 8.29. The maximum atomic E-state index is 14.4. The molecule has 5 atom stereocenters. The average molecular weight is 665 g/mol. The van der Waals surface area contributed by atoms with Gasteiger partial charge in [0, 0.05) is 17.8 Å². The van der Waals surface area contributed by atoms with Gasteiger partial charge in [0.25, 0.3) is 5.91 Å². The molecule has 0 spiro atoms. The van der Waals surface area contributed by atoms with Crippen molar-refractivity contribution in [3.8, 4) is 0 Å². The van der Waals surface area contributed by atoms with Gasteiger partial charge in [-0.05, 0) is 70.1 Å². The van der Waals surface area contributed by atoms with Crippen LogP contribution in [-0.2, 0) is 30.3 Å². The van der Waals surface area contributed by atoms with E-state index in [1.807, 2.05) is 13.8 Å². The average Bonchev–Trinajstić information content (AvgIpc) is 3.71. The topological polar surface area (TPSA) is 177 Å². The molecular weight excluding hydrogens is 610 g/mol. The van der Waals surface area contributed by atoms with E-state index in [0.29, 0.717) is 45.1 Å². The van der Waals surface area contributed by atoms with E-state index < -0.39 is 69.0 Å². The molecule has 46 heavy (non-hydrogen) atoms. The fraction of sp³-hybridized carbons (Fsp3) is 0.848. The number of rotatable bonds is 14. The minimum Gasteiger partial charge on any atom is -0.772 e. The van der Waals surface area contributed by atoms with Crippen LogP contribution in [0.15, 0.2) is 0 Å². The second-order valence-electron chi connectivity index (χ2n) is 14.4. The third-order valence-electron chi connectivity index (χ3n) is 10.8. The first-order valence-corrected chi connectivity index (χ1v) is 18.7. The third kappa shape index (κ3) is 8.87. The van der Waals surface area contributed by atoms with E-state index in [4.69, 9.17) is 0 Å². The number of nitrogens with zero attached hydrogens (tertiary/aromatic N) is 1. The van der Waals surface area contributed by atoms with Gasteiger partial charge in [0.05, 0.1) is 11.6 Å². The minimum absolute atomic E-state index is 0.0170. The molecule has 1 heterocycles. The van der Waals surface area contributed by atoms with E-state index in [-0.39, 0.29) is 11.9 Å². The van der Waals surface area contributed by atoms with Gasteiger partial charge in [-0.1, -0.05) is 76.3 Å². The molecule has 5 amide bonds. The Bertz CT molecular complexity index is 1150. The number of urea groups is 1. The van der Waals surface area contributed by atoms with Crippen molar-refractivity contribution >= 4 is 40.6 Å². The van der Waals surface area contributed by atoms with E-state index in [2.05, 4.69) is 21.3 Å². The molecule has 1 aliphatic heterocycles. The molecule has 13 heteroatoms. The molecule has 4 rings (SSSR count). The maximum Gasteiger partial charge on any atom is 0.315 e. The number of Topliss-reactive ketones (excluding diaryl/α,β-unsaturated/α-hetero) is 1. The highest BCUT2D eigenvalue weighted by Gasteiger charge is 2.48. The monoisotopic (exact) mass is 664 g/mol. The number of hydrogen-bond donors (Lipinski definition) is 4. The number of nitrogens with one attached hydrogen (secondary N) is 4. The van der Waals surface area contributed by atoms with E-state index in [1.165, 1.54) is 4.90 Å².